The molecule has 164 valence electrons. The number of hydrogen-bond acceptors (Lipinski definition) is 3. The summed E-state index contributed by atoms with van der Waals surface area (Å²) < 4.78 is 19.0. The van der Waals surface area contributed by atoms with E-state index in [9.17, 15) is 14.0 Å². The number of hydrogen-bond donors (Lipinski definition) is 1. The van der Waals surface area contributed by atoms with Gasteiger partial charge in [-0.05, 0) is 48.0 Å². The topological polar surface area (TPSA) is 61.9 Å². The molecule has 3 aromatic carbocycles. The third-order valence-electron chi connectivity index (χ3n) is 5.40. The number of carbonyl (C=O) groups excluding carboxylic acids is 2. The fraction of sp³-hybridized carbons (Fsp3) is 0.200. The zero-order chi connectivity index (χ0) is 22.5. The van der Waals surface area contributed by atoms with Crippen LogP contribution in [0, 0.1) is 5.82 Å². The van der Waals surface area contributed by atoms with Gasteiger partial charge in [-0.3, -0.25) is 4.79 Å². The molecule has 32 heavy (non-hydrogen) atoms. The minimum absolute atomic E-state index is 0.171. The van der Waals surface area contributed by atoms with Crippen LogP contribution in [-0.2, 0) is 4.74 Å². The molecular formula is C25H24FN3O3. The van der Waals surface area contributed by atoms with Gasteiger partial charge in [0.25, 0.3) is 5.91 Å². The first-order valence-corrected chi connectivity index (χ1v) is 10.4. The van der Waals surface area contributed by atoms with Crippen molar-refractivity contribution in [2.75, 3.05) is 37.0 Å². The fourth-order valence-corrected chi connectivity index (χ4v) is 3.61. The van der Waals surface area contributed by atoms with E-state index in [0.29, 0.717) is 30.9 Å². The van der Waals surface area contributed by atoms with Crippen molar-refractivity contribution in [2.45, 2.75) is 6.10 Å². The number of ether oxygens (including phenoxy) is 1. The molecule has 1 aliphatic rings. The molecule has 6 nitrogen and oxygen atoms in total. The molecule has 7 heteroatoms. The zero-order valence-electron chi connectivity index (χ0n) is 17.7. The molecule has 3 amide bonds. The van der Waals surface area contributed by atoms with E-state index in [1.54, 1.807) is 53.2 Å². The molecule has 1 unspecified atom stereocenters. The lowest BCUT2D eigenvalue weighted by Crippen LogP contribution is -2.44. The molecule has 0 aliphatic carbocycles. The Morgan fingerprint density at radius 1 is 1.03 bits per heavy atom. The van der Waals surface area contributed by atoms with Crippen LogP contribution in [-0.4, -0.2) is 43.6 Å². The van der Waals surface area contributed by atoms with Crippen LogP contribution < -0.4 is 10.2 Å². The molecule has 1 aliphatic heterocycles. The Kier molecular flexibility index (Phi) is 6.47. The lowest BCUT2D eigenvalue weighted by molar-refractivity contribution is -0.0135. The number of para-hydroxylation sites is 1. The molecule has 1 N–H and O–H groups in total. The van der Waals surface area contributed by atoms with E-state index in [-0.39, 0.29) is 23.9 Å². The largest absolute Gasteiger partial charge is 0.370 e. The van der Waals surface area contributed by atoms with Gasteiger partial charge in [-0.2, -0.15) is 0 Å². The predicted octanol–water partition coefficient (Wildman–Crippen LogP) is 4.71. The molecule has 0 saturated carbocycles. The zero-order valence-corrected chi connectivity index (χ0v) is 17.7. The van der Waals surface area contributed by atoms with Crippen molar-refractivity contribution in [1.82, 2.24) is 4.90 Å². The molecule has 3 aromatic rings. The number of morpholine rings is 1. The summed E-state index contributed by atoms with van der Waals surface area (Å²) in [6.07, 6.45) is -0.317. The number of nitrogens with one attached hydrogen (secondary N) is 1. The summed E-state index contributed by atoms with van der Waals surface area (Å²) in [5, 5.41) is 2.87. The number of nitrogens with zero attached hydrogens (tertiary/aromatic N) is 2. The van der Waals surface area contributed by atoms with Crippen molar-refractivity contribution >= 4 is 23.3 Å². The normalized spacial score (nSPS) is 15.8. The quantitative estimate of drug-likeness (QED) is 0.648. The van der Waals surface area contributed by atoms with Gasteiger partial charge in [0, 0.05) is 30.5 Å². The summed E-state index contributed by atoms with van der Waals surface area (Å²) in [6.45, 7) is 1.18. The molecule has 0 aromatic heterocycles. The van der Waals surface area contributed by atoms with Gasteiger partial charge in [0.2, 0.25) is 0 Å². The Morgan fingerprint density at radius 2 is 1.78 bits per heavy atom. The van der Waals surface area contributed by atoms with Gasteiger partial charge in [-0.15, -0.1) is 0 Å². The number of anilines is 2. The molecular weight excluding hydrogens is 409 g/mol. The van der Waals surface area contributed by atoms with Gasteiger partial charge >= 0.3 is 6.03 Å². The summed E-state index contributed by atoms with van der Waals surface area (Å²) in [6, 6.07) is 22.0. The molecule has 4 rings (SSSR count). The van der Waals surface area contributed by atoms with Crippen LogP contribution in [0.3, 0.4) is 0 Å². The maximum Gasteiger partial charge on any atom is 0.322 e. The molecule has 1 saturated heterocycles. The fourth-order valence-electron chi connectivity index (χ4n) is 3.61. The number of benzene rings is 3. The Balaban J connectivity index is 1.42. The molecule has 1 atom stereocenters. The van der Waals surface area contributed by atoms with Crippen LogP contribution in [0.5, 0.6) is 0 Å². The van der Waals surface area contributed by atoms with Gasteiger partial charge in [-0.1, -0.05) is 36.4 Å². The van der Waals surface area contributed by atoms with Crippen molar-refractivity contribution < 1.29 is 18.7 Å². The monoisotopic (exact) mass is 433 g/mol. The SMILES string of the molecule is CN(C(=O)c1cccc(NC(=O)N2CCOC(c3ccc(F)cc3)C2)c1)c1ccccc1. The predicted molar refractivity (Wildman–Crippen MR) is 121 cm³/mol. The van der Waals surface area contributed by atoms with E-state index < -0.39 is 0 Å². The van der Waals surface area contributed by atoms with Gasteiger partial charge in [0.15, 0.2) is 0 Å². The van der Waals surface area contributed by atoms with Crippen LogP contribution in [0.4, 0.5) is 20.6 Å². The first-order chi connectivity index (χ1) is 15.5. The lowest BCUT2D eigenvalue weighted by Gasteiger charge is -2.33. The number of amides is 3. The van der Waals surface area contributed by atoms with Crippen molar-refractivity contribution in [3.05, 3.63) is 95.8 Å². The molecule has 1 fully saturated rings. The summed E-state index contributed by atoms with van der Waals surface area (Å²) in [7, 11) is 1.71. The van der Waals surface area contributed by atoms with E-state index in [4.69, 9.17) is 4.74 Å². The van der Waals surface area contributed by atoms with Crippen molar-refractivity contribution in [3.8, 4) is 0 Å². The van der Waals surface area contributed by atoms with Gasteiger partial charge in [0.05, 0.1) is 13.2 Å². The molecule has 0 spiro atoms. The third-order valence-corrected chi connectivity index (χ3v) is 5.40. The Labute approximate surface area is 186 Å². The average Bonchev–Trinajstić information content (AvgIpc) is 2.84. The third kappa shape index (κ3) is 4.95. The molecule has 0 bridgehead atoms. The van der Waals surface area contributed by atoms with Crippen LogP contribution in [0.15, 0.2) is 78.9 Å². The highest BCUT2D eigenvalue weighted by atomic mass is 19.1. The first-order valence-electron chi connectivity index (χ1n) is 10.4. The van der Waals surface area contributed by atoms with Crippen molar-refractivity contribution in [1.29, 1.82) is 0 Å². The standard InChI is InChI=1S/C25H24FN3O3/c1-28(22-8-3-2-4-9-22)24(30)19-6-5-7-21(16-19)27-25(31)29-14-15-32-23(17-29)18-10-12-20(26)13-11-18/h2-13,16,23H,14-15,17H2,1H3,(H,27,31). The van der Waals surface area contributed by atoms with E-state index in [1.807, 2.05) is 30.3 Å². The van der Waals surface area contributed by atoms with Gasteiger partial charge < -0.3 is 19.9 Å². The highest BCUT2D eigenvalue weighted by Crippen LogP contribution is 2.23. The summed E-state index contributed by atoms with van der Waals surface area (Å²) in [5.41, 5.74) is 2.61. The number of carbonyl (C=O) groups is 2. The lowest BCUT2D eigenvalue weighted by atomic mass is 10.1. The highest BCUT2D eigenvalue weighted by Gasteiger charge is 2.25. The molecule has 1 heterocycles. The van der Waals surface area contributed by atoms with Crippen LogP contribution in [0.1, 0.15) is 22.0 Å². The Morgan fingerprint density at radius 3 is 2.53 bits per heavy atom. The Bertz CT molecular complexity index is 1090. The summed E-state index contributed by atoms with van der Waals surface area (Å²) >= 11 is 0. The van der Waals surface area contributed by atoms with E-state index >= 15 is 0 Å². The first kappa shape index (κ1) is 21.5. The van der Waals surface area contributed by atoms with E-state index in [1.165, 1.54) is 12.1 Å². The average molecular weight is 433 g/mol. The summed E-state index contributed by atoms with van der Waals surface area (Å²) in [4.78, 5) is 28.9. The van der Waals surface area contributed by atoms with Crippen LogP contribution in [0.25, 0.3) is 0 Å². The second-order valence-electron chi connectivity index (χ2n) is 7.57. The highest BCUT2D eigenvalue weighted by molar-refractivity contribution is 6.06. The van der Waals surface area contributed by atoms with E-state index in [0.717, 1.165) is 11.3 Å². The second-order valence-corrected chi connectivity index (χ2v) is 7.57. The van der Waals surface area contributed by atoms with Crippen molar-refractivity contribution in [2.24, 2.45) is 0 Å². The maximum absolute atomic E-state index is 13.2. The second kappa shape index (κ2) is 9.62. The molecule has 0 radical (unpaired) electrons. The van der Waals surface area contributed by atoms with Crippen LogP contribution in [0.2, 0.25) is 0 Å². The smallest absolute Gasteiger partial charge is 0.322 e. The minimum atomic E-state index is -0.317. The van der Waals surface area contributed by atoms with Gasteiger partial charge in [-0.25, -0.2) is 9.18 Å². The van der Waals surface area contributed by atoms with E-state index in [2.05, 4.69) is 5.32 Å². The minimum Gasteiger partial charge on any atom is -0.370 e. The number of halogens is 1. The van der Waals surface area contributed by atoms with Crippen LogP contribution >= 0.6 is 0 Å². The number of rotatable bonds is 4. The van der Waals surface area contributed by atoms with Gasteiger partial charge in [0.1, 0.15) is 11.9 Å². The summed E-state index contributed by atoms with van der Waals surface area (Å²) in [5.74, 6) is -0.485. The maximum atomic E-state index is 13.2. The Hall–Kier alpha value is -3.71. The van der Waals surface area contributed by atoms with Crippen molar-refractivity contribution in [3.63, 3.8) is 0 Å². The number of urea groups is 1.